The number of nitrogens with zero attached hydrogens (tertiary/aromatic N) is 3. The minimum Gasteiger partial charge on any atom is -0.492 e. The van der Waals surface area contributed by atoms with Crippen molar-refractivity contribution in [2.24, 2.45) is 11.8 Å². The lowest BCUT2D eigenvalue weighted by atomic mass is 9.85. The molecule has 0 saturated carbocycles. The Hall–Kier alpha value is -1.83. The summed E-state index contributed by atoms with van der Waals surface area (Å²) in [6.45, 7) is 5.40. The molecule has 1 fully saturated rings. The molecule has 1 aliphatic heterocycles. The normalized spacial score (nSPS) is 17.0. The first kappa shape index (κ1) is 24.2. The third-order valence-electron chi connectivity index (χ3n) is 4.82. The smallest absolute Gasteiger partial charge is 0.224 e. The van der Waals surface area contributed by atoms with Gasteiger partial charge in [0, 0.05) is 18.2 Å². The van der Waals surface area contributed by atoms with E-state index in [1.165, 1.54) is 19.2 Å². The number of ether oxygens (including phenoxy) is 1. The lowest BCUT2D eigenvalue weighted by Crippen LogP contribution is -2.34. The van der Waals surface area contributed by atoms with Crippen LogP contribution in [0.1, 0.15) is 26.2 Å². The molecule has 2 atom stereocenters. The number of hydrogen-bond donors (Lipinski definition) is 2. The Morgan fingerprint density at radius 1 is 1.43 bits per heavy atom. The molecule has 156 valence electrons. The Morgan fingerprint density at radius 2 is 2.29 bits per heavy atom. The van der Waals surface area contributed by atoms with Crippen molar-refractivity contribution in [1.29, 1.82) is 0 Å². The van der Waals surface area contributed by atoms with Crippen LogP contribution in [0, 0.1) is 11.8 Å². The number of amides is 1. The second-order valence-corrected chi connectivity index (χ2v) is 6.87. The van der Waals surface area contributed by atoms with Crippen LogP contribution in [0.3, 0.4) is 0 Å². The zero-order valence-corrected chi connectivity index (χ0v) is 17.7. The molecule has 9 heteroatoms. The van der Waals surface area contributed by atoms with Gasteiger partial charge in [-0.1, -0.05) is 13.0 Å². The van der Waals surface area contributed by atoms with Gasteiger partial charge in [-0.2, -0.15) is 5.10 Å². The van der Waals surface area contributed by atoms with Crippen molar-refractivity contribution >= 4 is 36.4 Å². The molecule has 28 heavy (non-hydrogen) atoms. The summed E-state index contributed by atoms with van der Waals surface area (Å²) in [5.41, 5.74) is 0.766. The zero-order chi connectivity index (χ0) is 18.2. The Kier molecular flexibility index (Phi) is 10.9. The van der Waals surface area contributed by atoms with Crippen LogP contribution in [0.4, 0.5) is 5.69 Å². The van der Waals surface area contributed by atoms with Crippen LogP contribution in [-0.4, -0.2) is 40.4 Å². The topological polar surface area (TPSA) is 81.1 Å². The summed E-state index contributed by atoms with van der Waals surface area (Å²) in [5, 5.41) is 10.4. The Morgan fingerprint density at radius 3 is 3.00 bits per heavy atom. The number of carbonyl (C=O) groups excluding carboxylic acids is 1. The third-order valence-corrected chi connectivity index (χ3v) is 4.82. The van der Waals surface area contributed by atoms with E-state index >= 15 is 0 Å². The highest BCUT2D eigenvalue weighted by atomic mass is 35.5. The Bertz CT molecular complexity index is 693. The van der Waals surface area contributed by atoms with E-state index in [0.717, 1.165) is 24.5 Å². The minimum absolute atomic E-state index is 0. The van der Waals surface area contributed by atoms with E-state index in [0.29, 0.717) is 31.4 Å². The summed E-state index contributed by atoms with van der Waals surface area (Å²) >= 11 is 0. The molecule has 0 bridgehead atoms. The molecule has 1 amide bonds. The average Bonchev–Trinajstić information content (AvgIpc) is 3.16. The second kappa shape index (κ2) is 12.6. The van der Waals surface area contributed by atoms with Gasteiger partial charge in [0.15, 0.2) is 0 Å². The molecule has 0 spiro atoms. The van der Waals surface area contributed by atoms with Crippen LogP contribution in [0.15, 0.2) is 36.9 Å². The lowest BCUT2D eigenvalue weighted by Gasteiger charge is -2.28. The average molecular weight is 430 g/mol. The highest BCUT2D eigenvalue weighted by Gasteiger charge is 2.22. The van der Waals surface area contributed by atoms with Crippen molar-refractivity contribution in [1.82, 2.24) is 20.1 Å². The van der Waals surface area contributed by atoms with Gasteiger partial charge < -0.3 is 15.4 Å². The maximum atomic E-state index is 12.4. The predicted octanol–water partition coefficient (Wildman–Crippen LogP) is 3.17. The van der Waals surface area contributed by atoms with Gasteiger partial charge in [-0.25, -0.2) is 9.67 Å². The first-order valence-electron chi connectivity index (χ1n) is 9.26. The molecule has 2 unspecified atom stereocenters. The minimum atomic E-state index is 0. The summed E-state index contributed by atoms with van der Waals surface area (Å²) in [6, 6.07) is 7.50. The van der Waals surface area contributed by atoms with Gasteiger partial charge in [-0.3, -0.25) is 4.79 Å². The van der Waals surface area contributed by atoms with E-state index in [2.05, 4.69) is 27.6 Å². The molecule has 1 aromatic carbocycles. The van der Waals surface area contributed by atoms with E-state index < -0.39 is 0 Å². The number of halogens is 2. The fourth-order valence-corrected chi connectivity index (χ4v) is 3.30. The number of carbonyl (C=O) groups is 1. The second-order valence-electron chi connectivity index (χ2n) is 6.87. The molecule has 2 heterocycles. The van der Waals surface area contributed by atoms with E-state index in [9.17, 15) is 4.79 Å². The Balaban J connectivity index is 0.00000196. The van der Waals surface area contributed by atoms with Gasteiger partial charge in [0.2, 0.25) is 5.91 Å². The number of piperidine rings is 1. The van der Waals surface area contributed by atoms with Gasteiger partial charge in [0.1, 0.15) is 25.0 Å². The molecule has 0 aliphatic carbocycles. The van der Waals surface area contributed by atoms with Gasteiger partial charge in [-0.15, -0.1) is 24.8 Å². The predicted molar refractivity (Wildman–Crippen MR) is 114 cm³/mol. The van der Waals surface area contributed by atoms with E-state index in [1.807, 2.05) is 24.3 Å². The third kappa shape index (κ3) is 7.66. The quantitative estimate of drug-likeness (QED) is 0.673. The van der Waals surface area contributed by atoms with Crippen LogP contribution in [0.5, 0.6) is 5.75 Å². The SMILES string of the molecule is CC(CC(=O)Nc1cccc(OCCn2cncn2)c1)C1CCCNC1.Cl.Cl. The standard InChI is InChI=1S/C19H27N5O2.2ClH/c1-15(16-4-3-7-20-12-16)10-19(25)23-17-5-2-6-18(11-17)26-9-8-24-14-21-13-22-24;;/h2,5-6,11,13-16,20H,3-4,7-10,12H2,1H3,(H,23,25);2*1H. The molecule has 3 rings (SSSR count). The molecular formula is C19H29Cl2N5O2. The maximum Gasteiger partial charge on any atom is 0.224 e. The van der Waals surface area contributed by atoms with E-state index in [1.54, 1.807) is 11.0 Å². The highest BCUT2D eigenvalue weighted by molar-refractivity contribution is 5.91. The van der Waals surface area contributed by atoms with Crippen LogP contribution < -0.4 is 15.4 Å². The zero-order valence-electron chi connectivity index (χ0n) is 16.0. The molecule has 2 N–H and O–H groups in total. The monoisotopic (exact) mass is 429 g/mol. The van der Waals surface area contributed by atoms with E-state index in [-0.39, 0.29) is 30.7 Å². The van der Waals surface area contributed by atoms with Crippen LogP contribution in [-0.2, 0) is 11.3 Å². The number of rotatable bonds is 8. The first-order chi connectivity index (χ1) is 12.7. The van der Waals surface area contributed by atoms with Crippen molar-refractivity contribution in [3.05, 3.63) is 36.9 Å². The fourth-order valence-electron chi connectivity index (χ4n) is 3.30. The van der Waals surface area contributed by atoms with Crippen molar-refractivity contribution < 1.29 is 9.53 Å². The van der Waals surface area contributed by atoms with Crippen LogP contribution in [0.25, 0.3) is 0 Å². The number of nitrogens with one attached hydrogen (secondary N) is 2. The summed E-state index contributed by atoms with van der Waals surface area (Å²) in [5.74, 6) is 1.75. The van der Waals surface area contributed by atoms with Gasteiger partial charge >= 0.3 is 0 Å². The van der Waals surface area contributed by atoms with Crippen LogP contribution in [0.2, 0.25) is 0 Å². The number of aromatic nitrogens is 3. The molecule has 2 aromatic rings. The van der Waals surface area contributed by atoms with Crippen molar-refractivity contribution in [2.75, 3.05) is 25.0 Å². The maximum absolute atomic E-state index is 12.4. The molecule has 1 aromatic heterocycles. The summed E-state index contributed by atoms with van der Waals surface area (Å²) < 4.78 is 7.45. The molecule has 1 saturated heterocycles. The molecule has 7 nitrogen and oxygen atoms in total. The molecule has 1 aliphatic rings. The van der Waals surface area contributed by atoms with Gasteiger partial charge in [-0.05, 0) is 49.9 Å². The number of anilines is 1. The molecule has 0 radical (unpaired) electrons. The summed E-state index contributed by atoms with van der Waals surface area (Å²) in [4.78, 5) is 16.3. The first-order valence-corrected chi connectivity index (χ1v) is 9.26. The van der Waals surface area contributed by atoms with E-state index in [4.69, 9.17) is 4.74 Å². The number of hydrogen-bond acceptors (Lipinski definition) is 5. The fraction of sp³-hybridized carbons (Fsp3) is 0.526. The Labute approximate surface area is 178 Å². The van der Waals surface area contributed by atoms with Gasteiger partial charge in [0.25, 0.3) is 0 Å². The largest absolute Gasteiger partial charge is 0.492 e. The number of benzene rings is 1. The lowest BCUT2D eigenvalue weighted by molar-refractivity contribution is -0.117. The molecular weight excluding hydrogens is 401 g/mol. The van der Waals surface area contributed by atoms with Crippen molar-refractivity contribution in [3.63, 3.8) is 0 Å². The summed E-state index contributed by atoms with van der Waals surface area (Å²) in [6.07, 6.45) is 6.11. The van der Waals surface area contributed by atoms with Crippen molar-refractivity contribution in [2.45, 2.75) is 32.7 Å². The highest BCUT2D eigenvalue weighted by Crippen LogP contribution is 2.23. The van der Waals surface area contributed by atoms with Crippen LogP contribution >= 0.6 is 24.8 Å². The summed E-state index contributed by atoms with van der Waals surface area (Å²) in [7, 11) is 0. The van der Waals surface area contributed by atoms with Gasteiger partial charge in [0.05, 0.1) is 6.54 Å². The van der Waals surface area contributed by atoms with Crippen molar-refractivity contribution in [3.8, 4) is 5.75 Å².